The zero-order chi connectivity index (χ0) is 15.5. The van der Waals surface area contributed by atoms with Crippen LogP contribution in [0.3, 0.4) is 0 Å². The smallest absolute Gasteiger partial charge is 0.303 e. The first-order valence-electron chi connectivity index (χ1n) is 6.82. The minimum atomic E-state index is -2.61. The van der Waals surface area contributed by atoms with Crippen LogP contribution in [0.5, 0.6) is 0 Å². The Bertz CT molecular complexity index is 537. The number of carbonyl (C=O) groups excluding carboxylic acids is 1. The monoisotopic (exact) mass is 297 g/mol. The summed E-state index contributed by atoms with van der Waals surface area (Å²) in [5.41, 5.74) is 1.37. The molecule has 0 unspecified atom stereocenters. The number of benzene rings is 1. The van der Waals surface area contributed by atoms with Gasteiger partial charge in [-0.2, -0.15) is 0 Å². The van der Waals surface area contributed by atoms with Gasteiger partial charge in [-0.15, -0.1) is 0 Å². The van der Waals surface area contributed by atoms with Crippen molar-refractivity contribution in [3.8, 4) is 0 Å². The lowest BCUT2D eigenvalue weighted by Crippen LogP contribution is -2.37. The molecule has 0 atom stereocenters. The lowest BCUT2D eigenvalue weighted by molar-refractivity contribution is -0.137. The molecule has 1 saturated carbocycles. The van der Waals surface area contributed by atoms with E-state index in [4.69, 9.17) is 5.11 Å². The molecule has 1 fully saturated rings. The summed E-state index contributed by atoms with van der Waals surface area (Å²) in [6.45, 7) is 0. The average molecular weight is 297 g/mol. The number of aliphatic carboxylic acids is 1. The molecule has 0 aromatic heterocycles. The first-order valence-corrected chi connectivity index (χ1v) is 6.82. The van der Waals surface area contributed by atoms with Crippen LogP contribution in [-0.4, -0.2) is 22.9 Å². The second kappa shape index (κ2) is 6.20. The van der Waals surface area contributed by atoms with E-state index in [2.05, 4.69) is 5.32 Å². The van der Waals surface area contributed by atoms with Crippen molar-refractivity contribution in [3.05, 3.63) is 29.8 Å². The van der Waals surface area contributed by atoms with E-state index in [1.54, 1.807) is 24.3 Å². The van der Waals surface area contributed by atoms with Crippen molar-refractivity contribution in [2.45, 2.75) is 38.0 Å². The molecular formula is C15H17F2NO3. The summed E-state index contributed by atoms with van der Waals surface area (Å²) in [6, 6.07) is 6.91. The third kappa shape index (κ3) is 4.81. The maximum absolute atomic E-state index is 12.7. The van der Waals surface area contributed by atoms with Crippen molar-refractivity contribution < 1.29 is 23.5 Å². The van der Waals surface area contributed by atoms with E-state index in [-0.39, 0.29) is 37.5 Å². The molecule has 21 heavy (non-hydrogen) atoms. The van der Waals surface area contributed by atoms with E-state index < -0.39 is 11.9 Å². The summed E-state index contributed by atoms with van der Waals surface area (Å²) in [4.78, 5) is 22.3. The highest BCUT2D eigenvalue weighted by atomic mass is 19.3. The predicted molar refractivity (Wildman–Crippen MR) is 73.3 cm³/mol. The fourth-order valence-corrected chi connectivity index (χ4v) is 2.46. The number of carboxylic acids is 1. The summed E-state index contributed by atoms with van der Waals surface area (Å²) in [5, 5.41) is 11.3. The molecule has 1 aliphatic carbocycles. The minimum absolute atomic E-state index is 0.0224. The molecule has 0 heterocycles. The number of alkyl halides is 2. The summed E-state index contributed by atoms with van der Waals surface area (Å²) < 4.78 is 25.4. The molecule has 1 aromatic carbocycles. The van der Waals surface area contributed by atoms with Gasteiger partial charge in [-0.3, -0.25) is 9.59 Å². The molecule has 0 spiro atoms. The maximum Gasteiger partial charge on any atom is 0.303 e. The van der Waals surface area contributed by atoms with Crippen molar-refractivity contribution in [3.63, 3.8) is 0 Å². The van der Waals surface area contributed by atoms with Gasteiger partial charge in [0.1, 0.15) is 0 Å². The number of hydrogen-bond donors (Lipinski definition) is 2. The molecule has 114 valence electrons. The van der Waals surface area contributed by atoms with E-state index in [0.29, 0.717) is 12.1 Å². The Labute approximate surface area is 121 Å². The van der Waals surface area contributed by atoms with Gasteiger partial charge in [0.2, 0.25) is 11.8 Å². The van der Waals surface area contributed by atoms with E-state index >= 15 is 0 Å². The van der Waals surface area contributed by atoms with Gasteiger partial charge in [-0.05, 0) is 30.0 Å². The summed E-state index contributed by atoms with van der Waals surface area (Å²) in [5.74, 6) is -4.03. The Morgan fingerprint density at radius 3 is 2.67 bits per heavy atom. The van der Waals surface area contributed by atoms with Gasteiger partial charge >= 0.3 is 5.97 Å². The molecule has 6 heteroatoms. The SMILES string of the molecule is O=C(O)CCc1cccc(NC(=O)CC2CC(F)(F)C2)c1. The first kappa shape index (κ1) is 15.4. The van der Waals surface area contributed by atoms with Crippen molar-refractivity contribution in [1.82, 2.24) is 0 Å². The van der Waals surface area contributed by atoms with Gasteiger partial charge in [-0.25, -0.2) is 8.78 Å². The standard InChI is InChI=1S/C15H17F2NO3/c16-15(17)8-11(9-15)7-13(19)18-12-3-1-2-10(6-12)4-5-14(20)21/h1-3,6,11H,4-5,7-9H2,(H,18,19)(H,20,21). The number of carboxylic acid groups (broad SMARTS) is 1. The molecule has 1 aromatic rings. The fourth-order valence-electron chi connectivity index (χ4n) is 2.46. The number of anilines is 1. The third-order valence-corrected chi connectivity index (χ3v) is 3.49. The van der Waals surface area contributed by atoms with Crippen molar-refractivity contribution in [2.24, 2.45) is 5.92 Å². The van der Waals surface area contributed by atoms with Gasteiger partial charge in [0.15, 0.2) is 0 Å². The maximum atomic E-state index is 12.7. The van der Waals surface area contributed by atoms with Crippen molar-refractivity contribution in [1.29, 1.82) is 0 Å². The highest BCUT2D eigenvalue weighted by molar-refractivity contribution is 5.91. The first-order chi connectivity index (χ1) is 9.84. The van der Waals surface area contributed by atoms with Crippen molar-refractivity contribution >= 4 is 17.6 Å². The van der Waals surface area contributed by atoms with Crippen LogP contribution >= 0.6 is 0 Å². The molecule has 0 saturated heterocycles. The highest BCUT2D eigenvalue weighted by Crippen LogP contribution is 2.44. The molecule has 1 amide bonds. The Morgan fingerprint density at radius 2 is 2.05 bits per heavy atom. The van der Waals surface area contributed by atoms with Crippen LogP contribution in [0.1, 0.15) is 31.2 Å². The molecular weight excluding hydrogens is 280 g/mol. The van der Waals surface area contributed by atoms with E-state index in [1.807, 2.05) is 0 Å². The van der Waals surface area contributed by atoms with Gasteiger partial charge < -0.3 is 10.4 Å². The van der Waals surface area contributed by atoms with Gasteiger partial charge in [-0.1, -0.05) is 12.1 Å². The highest BCUT2D eigenvalue weighted by Gasteiger charge is 2.45. The second-order valence-corrected chi connectivity index (χ2v) is 5.48. The van der Waals surface area contributed by atoms with E-state index in [1.165, 1.54) is 0 Å². The van der Waals surface area contributed by atoms with Crippen LogP contribution in [-0.2, 0) is 16.0 Å². The predicted octanol–water partition coefficient (Wildman–Crippen LogP) is 3.08. The Hall–Kier alpha value is -1.98. The van der Waals surface area contributed by atoms with Gasteiger partial charge in [0.25, 0.3) is 0 Å². The number of hydrogen-bond acceptors (Lipinski definition) is 2. The van der Waals surface area contributed by atoms with Crippen molar-refractivity contribution in [2.75, 3.05) is 5.32 Å². The zero-order valence-electron chi connectivity index (χ0n) is 11.4. The normalized spacial score (nSPS) is 17.0. The number of amides is 1. The van der Waals surface area contributed by atoms with Crippen LogP contribution in [0.15, 0.2) is 24.3 Å². The summed E-state index contributed by atoms with van der Waals surface area (Å²) >= 11 is 0. The van der Waals surface area contributed by atoms with E-state index in [0.717, 1.165) is 5.56 Å². The number of aryl methyl sites for hydroxylation is 1. The number of nitrogens with one attached hydrogen (secondary N) is 1. The fraction of sp³-hybridized carbons (Fsp3) is 0.467. The lowest BCUT2D eigenvalue weighted by atomic mass is 9.79. The van der Waals surface area contributed by atoms with Crippen LogP contribution in [0, 0.1) is 5.92 Å². The Balaban J connectivity index is 1.83. The van der Waals surface area contributed by atoms with E-state index in [9.17, 15) is 18.4 Å². The Kier molecular flexibility index (Phi) is 4.55. The van der Waals surface area contributed by atoms with Crippen LogP contribution in [0.4, 0.5) is 14.5 Å². The molecule has 0 aliphatic heterocycles. The minimum Gasteiger partial charge on any atom is -0.481 e. The van der Waals surface area contributed by atoms with Crippen LogP contribution in [0.25, 0.3) is 0 Å². The largest absolute Gasteiger partial charge is 0.481 e. The van der Waals surface area contributed by atoms with Gasteiger partial charge in [0, 0.05) is 31.4 Å². The zero-order valence-corrected chi connectivity index (χ0v) is 11.4. The molecule has 2 N–H and O–H groups in total. The average Bonchev–Trinajstić information content (AvgIpc) is 2.34. The third-order valence-electron chi connectivity index (χ3n) is 3.49. The molecule has 1 aliphatic rings. The summed E-state index contributed by atoms with van der Waals surface area (Å²) in [6.07, 6.45) is 0.0511. The van der Waals surface area contributed by atoms with Gasteiger partial charge in [0.05, 0.1) is 0 Å². The topological polar surface area (TPSA) is 66.4 Å². The molecule has 4 nitrogen and oxygen atoms in total. The lowest BCUT2D eigenvalue weighted by Gasteiger charge is -2.34. The number of rotatable bonds is 6. The molecule has 2 rings (SSSR count). The molecule has 0 bridgehead atoms. The second-order valence-electron chi connectivity index (χ2n) is 5.48. The Morgan fingerprint density at radius 1 is 1.33 bits per heavy atom. The summed E-state index contributed by atoms with van der Waals surface area (Å²) in [7, 11) is 0. The van der Waals surface area contributed by atoms with Crippen LogP contribution in [0.2, 0.25) is 0 Å². The number of halogens is 2. The quantitative estimate of drug-likeness (QED) is 0.848. The molecule has 0 radical (unpaired) electrons. The van der Waals surface area contributed by atoms with Crippen LogP contribution < -0.4 is 5.32 Å². The number of carbonyl (C=O) groups is 2.